The highest BCUT2D eigenvalue weighted by Crippen LogP contribution is 2.50. The zero-order chi connectivity index (χ0) is 27.9. The molecule has 6 heterocycles. The molecule has 0 atom stereocenters. The van der Waals surface area contributed by atoms with Gasteiger partial charge in [0, 0.05) is 62.8 Å². The minimum absolute atomic E-state index is 0.238. The molecule has 0 saturated carbocycles. The number of hydrogen-bond acceptors (Lipinski definition) is 8. The normalized spacial score (nSPS) is 12.0. The van der Waals surface area contributed by atoms with E-state index < -0.39 is 0 Å². The maximum atomic E-state index is 13.4. The first-order chi connectivity index (χ1) is 20.6. The van der Waals surface area contributed by atoms with Crippen molar-refractivity contribution in [2.45, 2.75) is 0 Å². The highest BCUT2D eigenvalue weighted by Gasteiger charge is 2.18. The van der Waals surface area contributed by atoms with Crippen molar-refractivity contribution in [1.82, 2.24) is 9.97 Å². The molecule has 0 bridgehead atoms. The van der Waals surface area contributed by atoms with E-state index in [9.17, 15) is 8.78 Å². The Bertz CT molecular complexity index is 2260. The van der Waals surface area contributed by atoms with Crippen molar-refractivity contribution in [2.75, 3.05) is 0 Å². The van der Waals surface area contributed by atoms with Gasteiger partial charge in [-0.2, -0.15) is 0 Å². The van der Waals surface area contributed by atoms with E-state index in [4.69, 9.17) is 0 Å². The quantitative estimate of drug-likeness (QED) is 0.188. The molecule has 0 radical (unpaired) electrons. The second-order valence-corrected chi connectivity index (χ2v) is 16.1. The summed E-state index contributed by atoms with van der Waals surface area (Å²) in [5.41, 5.74) is 1.87. The van der Waals surface area contributed by atoms with E-state index >= 15 is 0 Å². The number of fused-ring (bicyclic) bond motifs is 6. The molecule has 9 rings (SSSR count). The number of aromatic nitrogens is 2. The Kier molecular flexibility index (Phi) is 5.73. The monoisotopic (exact) mass is 656 g/mol. The number of rotatable bonds is 4. The maximum absolute atomic E-state index is 13.4. The summed E-state index contributed by atoms with van der Waals surface area (Å²) in [5, 5.41) is 4.41. The van der Waals surface area contributed by atoms with Crippen LogP contribution in [-0.4, -0.2) is 9.97 Å². The molecular weight excluding hydrogens is 643 g/mol. The molecule has 0 spiro atoms. The van der Waals surface area contributed by atoms with Gasteiger partial charge in [-0.1, -0.05) is 0 Å². The van der Waals surface area contributed by atoms with E-state index in [-0.39, 0.29) is 11.6 Å². The molecule has 6 aromatic heterocycles. The fourth-order valence-corrected chi connectivity index (χ4v) is 12.1. The zero-order valence-electron chi connectivity index (χ0n) is 21.2. The van der Waals surface area contributed by atoms with E-state index in [0.717, 1.165) is 30.9 Å². The Hall–Kier alpha value is -3.38. The van der Waals surface area contributed by atoms with E-state index in [1.165, 1.54) is 73.0 Å². The van der Waals surface area contributed by atoms with Gasteiger partial charge in [-0.3, -0.25) is 0 Å². The van der Waals surface area contributed by atoms with Crippen LogP contribution in [0.2, 0.25) is 0 Å². The lowest BCUT2D eigenvalue weighted by Gasteiger charge is -1.95. The van der Waals surface area contributed by atoms with Crippen molar-refractivity contribution < 1.29 is 8.78 Å². The molecule has 0 amide bonds. The Morgan fingerprint density at radius 1 is 0.429 bits per heavy atom. The Morgan fingerprint density at radius 3 is 1.29 bits per heavy atom. The van der Waals surface area contributed by atoms with Crippen molar-refractivity contribution >= 4 is 107 Å². The Morgan fingerprint density at radius 2 is 0.857 bits per heavy atom. The lowest BCUT2D eigenvalue weighted by atomic mass is 10.2. The van der Waals surface area contributed by atoms with Crippen LogP contribution in [0.1, 0.15) is 0 Å². The lowest BCUT2D eigenvalue weighted by Crippen LogP contribution is -1.76. The lowest BCUT2D eigenvalue weighted by molar-refractivity contribution is 0.627. The van der Waals surface area contributed by atoms with Crippen LogP contribution in [0.3, 0.4) is 0 Å². The molecule has 2 nitrogen and oxygen atoms in total. The third-order valence-electron chi connectivity index (χ3n) is 7.09. The predicted octanol–water partition coefficient (Wildman–Crippen LogP) is 12.4. The molecule has 0 fully saturated rings. The molecule has 0 saturated heterocycles. The standard InChI is InChI=1S/C32H14F2N2S6/c33-17-5-1-15(2-6-17)31-35-13-27(41-31)23-11-25-29(39-23)19-9-22-20(10-21(19)37-25)30-26(38-22)12-24(40-30)28-14-36-32(42-28)16-3-7-18(34)8-4-16/h1-14H. The number of halogens is 2. The molecule has 0 aliphatic heterocycles. The molecule has 0 unspecified atom stereocenters. The molecule has 42 heavy (non-hydrogen) atoms. The zero-order valence-corrected chi connectivity index (χ0v) is 26.1. The first-order valence-electron chi connectivity index (χ1n) is 12.8. The molecule has 9 aromatic rings. The molecular formula is C32H14F2N2S6. The SMILES string of the molecule is Fc1ccc(-c2ncc(-c3cc4sc5cc6c(cc5c4s3)sc3cc(-c4cnc(-c5ccc(F)cc5)s4)sc36)s2)cc1. The van der Waals surface area contributed by atoms with Crippen molar-refractivity contribution in [1.29, 1.82) is 0 Å². The van der Waals surface area contributed by atoms with Crippen molar-refractivity contribution in [3.63, 3.8) is 0 Å². The topological polar surface area (TPSA) is 25.8 Å². The highest BCUT2D eigenvalue weighted by atomic mass is 32.1. The second-order valence-electron chi connectivity index (χ2n) is 9.73. The van der Waals surface area contributed by atoms with Crippen molar-refractivity contribution in [2.24, 2.45) is 0 Å². The molecule has 0 aliphatic carbocycles. The molecule has 10 heteroatoms. The highest BCUT2D eigenvalue weighted by molar-refractivity contribution is 7.36. The minimum atomic E-state index is -0.238. The number of hydrogen-bond donors (Lipinski definition) is 0. The average Bonchev–Trinajstić information content (AvgIpc) is 3.82. The summed E-state index contributed by atoms with van der Waals surface area (Å²) < 4.78 is 34.5. The van der Waals surface area contributed by atoms with E-state index in [2.05, 4.69) is 34.2 Å². The van der Waals surface area contributed by atoms with Gasteiger partial charge < -0.3 is 0 Å². The van der Waals surface area contributed by atoms with Gasteiger partial charge in [-0.05, 0) is 72.8 Å². The molecule has 3 aromatic carbocycles. The Balaban J connectivity index is 1.07. The van der Waals surface area contributed by atoms with E-state index in [0.29, 0.717) is 0 Å². The summed E-state index contributed by atoms with van der Waals surface area (Å²) in [5.74, 6) is -0.476. The van der Waals surface area contributed by atoms with Gasteiger partial charge in [0.15, 0.2) is 0 Å². The Labute approximate surface area is 261 Å². The number of benzene rings is 3. The first-order valence-corrected chi connectivity index (χ1v) is 17.7. The van der Waals surface area contributed by atoms with Gasteiger partial charge in [0.25, 0.3) is 0 Å². The van der Waals surface area contributed by atoms with Crippen LogP contribution < -0.4 is 0 Å². The summed E-state index contributed by atoms with van der Waals surface area (Å²) in [6.07, 6.45) is 3.85. The average molecular weight is 657 g/mol. The van der Waals surface area contributed by atoms with Crippen LogP contribution in [0, 0.1) is 11.6 Å². The van der Waals surface area contributed by atoms with Crippen LogP contribution in [-0.2, 0) is 0 Å². The largest absolute Gasteiger partial charge is 0.244 e. The van der Waals surface area contributed by atoms with Gasteiger partial charge in [-0.25, -0.2) is 18.7 Å². The summed E-state index contributed by atoms with van der Waals surface area (Å²) in [6.45, 7) is 0. The predicted molar refractivity (Wildman–Crippen MR) is 181 cm³/mol. The summed E-state index contributed by atoms with van der Waals surface area (Å²) >= 11 is 10.6. The maximum Gasteiger partial charge on any atom is 0.123 e. The third kappa shape index (κ3) is 4.09. The van der Waals surface area contributed by atoms with Crippen molar-refractivity contribution in [3.05, 3.63) is 96.8 Å². The van der Waals surface area contributed by atoms with Crippen LogP contribution in [0.4, 0.5) is 8.78 Å². The molecule has 202 valence electrons. The molecule has 0 aliphatic rings. The van der Waals surface area contributed by atoms with Gasteiger partial charge in [-0.15, -0.1) is 68.0 Å². The van der Waals surface area contributed by atoms with Gasteiger partial charge >= 0.3 is 0 Å². The van der Waals surface area contributed by atoms with Gasteiger partial charge in [0.2, 0.25) is 0 Å². The molecule has 0 N–H and O–H groups in total. The summed E-state index contributed by atoms with van der Waals surface area (Å²) in [6, 6.07) is 22.3. The van der Waals surface area contributed by atoms with Crippen LogP contribution in [0.25, 0.3) is 79.6 Å². The van der Waals surface area contributed by atoms with E-state index in [1.807, 2.05) is 57.7 Å². The van der Waals surface area contributed by atoms with Gasteiger partial charge in [0.05, 0.1) is 19.2 Å². The number of thiazole rings is 2. The number of thiophene rings is 4. The van der Waals surface area contributed by atoms with Crippen LogP contribution >= 0.6 is 68.0 Å². The van der Waals surface area contributed by atoms with Gasteiger partial charge in [0.1, 0.15) is 21.6 Å². The van der Waals surface area contributed by atoms with Crippen molar-refractivity contribution in [3.8, 4) is 40.7 Å². The second kappa shape index (κ2) is 9.57. The van der Waals surface area contributed by atoms with Crippen LogP contribution in [0.5, 0.6) is 0 Å². The smallest absolute Gasteiger partial charge is 0.123 e. The fraction of sp³-hybridized carbons (Fsp3) is 0. The summed E-state index contributed by atoms with van der Waals surface area (Å²) in [4.78, 5) is 13.9. The summed E-state index contributed by atoms with van der Waals surface area (Å²) in [7, 11) is 0. The fourth-order valence-electron chi connectivity index (χ4n) is 5.07. The minimum Gasteiger partial charge on any atom is -0.244 e. The third-order valence-corrected chi connectivity index (χ3v) is 14.4. The first kappa shape index (κ1) is 25.1. The number of nitrogens with zero attached hydrogens (tertiary/aromatic N) is 2. The van der Waals surface area contributed by atoms with Crippen LogP contribution in [0.15, 0.2) is 85.2 Å². The van der Waals surface area contributed by atoms with E-state index in [1.54, 1.807) is 46.9 Å².